The zero-order valence-corrected chi connectivity index (χ0v) is 10.5. The summed E-state index contributed by atoms with van der Waals surface area (Å²) in [7, 11) is 0. The van der Waals surface area contributed by atoms with Crippen molar-refractivity contribution in [3.05, 3.63) is 24.2 Å². The number of nitrogens with one attached hydrogen (secondary N) is 1. The van der Waals surface area contributed by atoms with Gasteiger partial charge in [-0.2, -0.15) is 0 Å². The van der Waals surface area contributed by atoms with E-state index < -0.39 is 0 Å². The van der Waals surface area contributed by atoms with Crippen molar-refractivity contribution in [1.82, 2.24) is 15.1 Å². The zero-order chi connectivity index (χ0) is 12.4. The Labute approximate surface area is 107 Å². The summed E-state index contributed by atoms with van der Waals surface area (Å²) in [6.45, 7) is 4.28. The second kappa shape index (κ2) is 5.02. The van der Waals surface area contributed by atoms with Crippen molar-refractivity contribution >= 4 is 6.03 Å². The van der Waals surface area contributed by atoms with E-state index in [-0.39, 0.29) is 6.03 Å². The van der Waals surface area contributed by atoms with Crippen molar-refractivity contribution in [3.63, 3.8) is 0 Å². The Morgan fingerprint density at radius 1 is 1.33 bits per heavy atom. The molecule has 1 saturated carbocycles. The number of hydrogen-bond acceptors (Lipinski definition) is 3. The van der Waals surface area contributed by atoms with Crippen LogP contribution in [0.2, 0.25) is 0 Å². The number of nitrogens with zero attached hydrogens (tertiary/aromatic N) is 2. The first-order valence-electron chi connectivity index (χ1n) is 6.61. The molecule has 2 heterocycles. The van der Waals surface area contributed by atoms with Gasteiger partial charge in [-0.3, -0.25) is 4.90 Å². The van der Waals surface area contributed by atoms with Crippen LogP contribution in [0.25, 0.3) is 0 Å². The van der Waals surface area contributed by atoms with Gasteiger partial charge in [-0.1, -0.05) is 0 Å². The van der Waals surface area contributed by atoms with Crippen molar-refractivity contribution in [2.24, 2.45) is 0 Å². The lowest BCUT2D eigenvalue weighted by atomic mass is 10.3. The lowest BCUT2D eigenvalue weighted by molar-refractivity contribution is 0.130. The summed E-state index contributed by atoms with van der Waals surface area (Å²) < 4.78 is 5.34. The normalized spacial score (nSPS) is 21.0. The molecule has 0 aromatic carbocycles. The van der Waals surface area contributed by atoms with Crippen molar-refractivity contribution < 1.29 is 9.21 Å². The third-order valence-electron chi connectivity index (χ3n) is 3.52. The molecular weight excluding hydrogens is 230 g/mol. The van der Waals surface area contributed by atoms with Crippen LogP contribution in [0.5, 0.6) is 0 Å². The van der Waals surface area contributed by atoms with Gasteiger partial charge in [-0.05, 0) is 25.0 Å². The van der Waals surface area contributed by atoms with E-state index in [1.54, 1.807) is 6.26 Å². The summed E-state index contributed by atoms with van der Waals surface area (Å²) in [6, 6.07) is 4.45. The smallest absolute Gasteiger partial charge is 0.317 e. The molecule has 0 atom stereocenters. The standard InChI is InChI=1S/C13H19N3O2/c17-13(14-11-3-4-11)16-7-5-15(6-8-16)10-12-2-1-9-18-12/h1-2,9,11H,3-8,10H2,(H,14,17). The van der Waals surface area contributed by atoms with Crippen LogP contribution in [0.1, 0.15) is 18.6 Å². The number of piperazine rings is 1. The van der Waals surface area contributed by atoms with E-state index in [0.717, 1.165) is 51.3 Å². The summed E-state index contributed by atoms with van der Waals surface area (Å²) >= 11 is 0. The molecule has 1 aromatic heterocycles. The maximum atomic E-state index is 11.8. The Balaban J connectivity index is 1.44. The molecule has 1 aromatic rings. The topological polar surface area (TPSA) is 48.7 Å². The molecule has 2 fully saturated rings. The first kappa shape index (κ1) is 11.6. The molecule has 3 rings (SSSR count). The van der Waals surface area contributed by atoms with Gasteiger partial charge < -0.3 is 14.6 Å². The largest absolute Gasteiger partial charge is 0.468 e. The SMILES string of the molecule is O=C(NC1CC1)N1CCN(Cc2ccco2)CC1. The summed E-state index contributed by atoms with van der Waals surface area (Å²) in [5.41, 5.74) is 0. The molecule has 1 N–H and O–H groups in total. The van der Waals surface area contributed by atoms with Crippen LogP contribution >= 0.6 is 0 Å². The first-order chi connectivity index (χ1) is 8.81. The first-order valence-corrected chi connectivity index (χ1v) is 6.61. The molecule has 1 saturated heterocycles. The molecule has 98 valence electrons. The van der Waals surface area contributed by atoms with Gasteiger partial charge in [0.05, 0.1) is 12.8 Å². The van der Waals surface area contributed by atoms with Crippen LogP contribution in [0.15, 0.2) is 22.8 Å². The van der Waals surface area contributed by atoms with E-state index in [2.05, 4.69) is 10.2 Å². The van der Waals surface area contributed by atoms with Crippen molar-refractivity contribution in [2.75, 3.05) is 26.2 Å². The van der Waals surface area contributed by atoms with E-state index in [1.807, 2.05) is 17.0 Å². The third-order valence-corrected chi connectivity index (χ3v) is 3.52. The average molecular weight is 249 g/mol. The summed E-state index contributed by atoms with van der Waals surface area (Å²) in [4.78, 5) is 16.1. The minimum Gasteiger partial charge on any atom is -0.468 e. The van der Waals surface area contributed by atoms with Gasteiger partial charge in [0.2, 0.25) is 0 Å². The van der Waals surface area contributed by atoms with E-state index in [0.29, 0.717) is 6.04 Å². The number of amides is 2. The quantitative estimate of drug-likeness (QED) is 0.877. The Hall–Kier alpha value is -1.49. The Morgan fingerprint density at radius 3 is 2.72 bits per heavy atom. The van der Waals surface area contributed by atoms with Gasteiger partial charge in [-0.25, -0.2) is 4.79 Å². The van der Waals surface area contributed by atoms with Gasteiger partial charge in [-0.15, -0.1) is 0 Å². The van der Waals surface area contributed by atoms with E-state index in [9.17, 15) is 4.79 Å². The third kappa shape index (κ3) is 2.85. The maximum Gasteiger partial charge on any atom is 0.317 e. The summed E-state index contributed by atoms with van der Waals surface area (Å²) in [5, 5.41) is 3.03. The van der Waals surface area contributed by atoms with Gasteiger partial charge in [0.15, 0.2) is 0 Å². The molecule has 5 heteroatoms. The van der Waals surface area contributed by atoms with Crippen LogP contribution in [-0.2, 0) is 6.54 Å². The molecule has 0 radical (unpaired) electrons. The van der Waals surface area contributed by atoms with Crippen LogP contribution in [0, 0.1) is 0 Å². The Kier molecular flexibility index (Phi) is 3.23. The van der Waals surface area contributed by atoms with Crippen LogP contribution in [0.3, 0.4) is 0 Å². The summed E-state index contributed by atoms with van der Waals surface area (Å²) in [6.07, 6.45) is 3.99. The monoisotopic (exact) mass is 249 g/mol. The minimum absolute atomic E-state index is 0.107. The Morgan fingerprint density at radius 2 is 2.11 bits per heavy atom. The molecule has 0 spiro atoms. The van der Waals surface area contributed by atoms with Gasteiger partial charge in [0.1, 0.15) is 5.76 Å². The number of rotatable bonds is 3. The number of furan rings is 1. The lowest BCUT2D eigenvalue weighted by Gasteiger charge is -2.34. The number of carbonyl (C=O) groups excluding carboxylic acids is 1. The zero-order valence-electron chi connectivity index (χ0n) is 10.5. The number of hydrogen-bond donors (Lipinski definition) is 1. The molecule has 0 unspecified atom stereocenters. The Bertz CT molecular complexity index is 392. The fourth-order valence-electron chi connectivity index (χ4n) is 2.23. The average Bonchev–Trinajstić information content (AvgIpc) is 3.04. The molecular formula is C13H19N3O2. The second-order valence-electron chi connectivity index (χ2n) is 5.07. The molecule has 18 heavy (non-hydrogen) atoms. The van der Waals surface area contributed by atoms with Crippen LogP contribution in [0.4, 0.5) is 4.79 Å². The van der Waals surface area contributed by atoms with E-state index in [4.69, 9.17) is 4.42 Å². The molecule has 0 bridgehead atoms. The predicted molar refractivity (Wildman–Crippen MR) is 67.1 cm³/mol. The van der Waals surface area contributed by atoms with E-state index in [1.165, 1.54) is 0 Å². The van der Waals surface area contributed by atoms with Gasteiger partial charge in [0, 0.05) is 32.2 Å². The van der Waals surface area contributed by atoms with Crippen molar-refractivity contribution in [2.45, 2.75) is 25.4 Å². The number of carbonyl (C=O) groups is 1. The van der Waals surface area contributed by atoms with Crippen LogP contribution in [-0.4, -0.2) is 48.1 Å². The highest BCUT2D eigenvalue weighted by molar-refractivity contribution is 5.75. The fraction of sp³-hybridized carbons (Fsp3) is 0.615. The highest BCUT2D eigenvalue weighted by atomic mass is 16.3. The highest BCUT2D eigenvalue weighted by Gasteiger charge is 2.27. The molecule has 5 nitrogen and oxygen atoms in total. The van der Waals surface area contributed by atoms with Gasteiger partial charge >= 0.3 is 6.03 Å². The molecule has 1 aliphatic heterocycles. The van der Waals surface area contributed by atoms with Gasteiger partial charge in [0.25, 0.3) is 0 Å². The molecule has 2 aliphatic rings. The number of urea groups is 1. The molecule has 2 amide bonds. The lowest BCUT2D eigenvalue weighted by Crippen LogP contribution is -2.51. The fourth-order valence-corrected chi connectivity index (χ4v) is 2.23. The molecule has 1 aliphatic carbocycles. The predicted octanol–water partition coefficient (Wildman–Crippen LogP) is 1.27. The summed E-state index contributed by atoms with van der Waals surface area (Å²) in [5.74, 6) is 0.992. The van der Waals surface area contributed by atoms with E-state index >= 15 is 0 Å². The van der Waals surface area contributed by atoms with Crippen molar-refractivity contribution in [3.8, 4) is 0 Å². The highest BCUT2D eigenvalue weighted by Crippen LogP contribution is 2.19. The second-order valence-corrected chi connectivity index (χ2v) is 5.07. The van der Waals surface area contributed by atoms with Crippen LogP contribution < -0.4 is 5.32 Å². The maximum absolute atomic E-state index is 11.8. The minimum atomic E-state index is 0.107. The van der Waals surface area contributed by atoms with Crippen molar-refractivity contribution in [1.29, 1.82) is 0 Å².